The molecular formula is C15H18O2. The first-order valence-electron chi connectivity index (χ1n) is 6.00. The average molecular weight is 230 g/mol. The van der Waals surface area contributed by atoms with Gasteiger partial charge in [0.1, 0.15) is 0 Å². The second kappa shape index (κ2) is 4.84. The van der Waals surface area contributed by atoms with Gasteiger partial charge in [-0.2, -0.15) is 0 Å². The fourth-order valence-electron chi connectivity index (χ4n) is 2.53. The minimum Gasteiger partial charge on any atom is -0.381 e. The molecule has 2 heteroatoms. The molecule has 17 heavy (non-hydrogen) atoms. The molecule has 0 aliphatic carbocycles. The zero-order chi connectivity index (χ0) is 12.3. The van der Waals surface area contributed by atoms with Crippen molar-refractivity contribution in [2.45, 2.75) is 25.2 Å². The van der Waals surface area contributed by atoms with Crippen molar-refractivity contribution in [2.24, 2.45) is 0 Å². The second-order valence-electron chi connectivity index (χ2n) is 4.67. The lowest BCUT2D eigenvalue weighted by molar-refractivity contribution is -0.124. The summed E-state index contributed by atoms with van der Waals surface area (Å²) in [4.78, 5) is 12.5. The number of rotatable bonds is 3. The van der Waals surface area contributed by atoms with Crippen LogP contribution >= 0.6 is 0 Å². The summed E-state index contributed by atoms with van der Waals surface area (Å²) in [5.74, 6) is 0.159. The molecule has 2 nitrogen and oxygen atoms in total. The van der Waals surface area contributed by atoms with Gasteiger partial charge < -0.3 is 4.74 Å². The SMILES string of the molecule is C=C(C)C(=O)C1(c2ccccc2)CCOCC1. The third kappa shape index (κ3) is 2.18. The van der Waals surface area contributed by atoms with Crippen LogP contribution in [-0.4, -0.2) is 19.0 Å². The Bertz CT molecular complexity index is 414. The number of allylic oxidation sites excluding steroid dienone is 1. The Labute approximate surface area is 102 Å². The highest BCUT2D eigenvalue weighted by atomic mass is 16.5. The van der Waals surface area contributed by atoms with E-state index in [0.29, 0.717) is 18.8 Å². The molecule has 1 aliphatic rings. The van der Waals surface area contributed by atoms with Gasteiger partial charge in [0.05, 0.1) is 5.41 Å². The number of hydrogen-bond acceptors (Lipinski definition) is 2. The Hall–Kier alpha value is -1.41. The van der Waals surface area contributed by atoms with Crippen molar-refractivity contribution in [2.75, 3.05) is 13.2 Å². The Balaban J connectivity index is 2.43. The van der Waals surface area contributed by atoms with Crippen molar-refractivity contribution in [3.8, 4) is 0 Å². The van der Waals surface area contributed by atoms with Crippen LogP contribution in [-0.2, 0) is 14.9 Å². The predicted octanol–water partition coefficient (Wildman–Crippen LogP) is 2.88. The standard InChI is InChI=1S/C15H18O2/c1-12(2)14(16)15(8-10-17-11-9-15)13-6-4-3-5-7-13/h3-7H,1,8-11H2,2H3. The molecule has 1 aromatic rings. The van der Waals surface area contributed by atoms with Crippen LogP contribution in [0.3, 0.4) is 0 Å². The summed E-state index contributed by atoms with van der Waals surface area (Å²) < 4.78 is 5.39. The molecule has 0 saturated carbocycles. The molecule has 0 bridgehead atoms. The molecule has 1 aliphatic heterocycles. The lowest BCUT2D eigenvalue weighted by atomic mass is 9.69. The first-order valence-corrected chi connectivity index (χ1v) is 6.00. The topological polar surface area (TPSA) is 26.3 Å². The smallest absolute Gasteiger partial charge is 0.168 e. The molecule has 1 saturated heterocycles. The largest absolute Gasteiger partial charge is 0.381 e. The maximum absolute atomic E-state index is 12.5. The summed E-state index contributed by atoms with van der Waals surface area (Å²) in [5, 5.41) is 0. The van der Waals surface area contributed by atoms with Crippen LogP contribution in [0.25, 0.3) is 0 Å². The highest BCUT2D eigenvalue weighted by Gasteiger charge is 2.41. The fourth-order valence-corrected chi connectivity index (χ4v) is 2.53. The lowest BCUT2D eigenvalue weighted by Crippen LogP contribution is -2.41. The third-order valence-corrected chi connectivity index (χ3v) is 3.49. The van der Waals surface area contributed by atoms with E-state index in [4.69, 9.17) is 4.74 Å². The van der Waals surface area contributed by atoms with E-state index in [1.165, 1.54) is 0 Å². The quantitative estimate of drug-likeness (QED) is 0.746. The predicted molar refractivity (Wildman–Crippen MR) is 68.0 cm³/mol. The van der Waals surface area contributed by atoms with E-state index in [9.17, 15) is 4.79 Å². The van der Waals surface area contributed by atoms with Gasteiger partial charge in [0.15, 0.2) is 5.78 Å². The van der Waals surface area contributed by atoms with Crippen LogP contribution in [0.2, 0.25) is 0 Å². The molecule has 1 fully saturated rings. The Morgan fingerprint density at radius 1 is 1.24 bits per heavy atom. The lowest BCUT2D eigenvalue weighted by Gasteiger charge is -2.36. The van der Waals surface area contributed by atoms with Crippen molar-refractivity contribution in [3.63, 3.8) is 0 Å². The van der Waals surface area contributed by atoms with E-state index in [-0.39, 0.29) is 5.78 Å². The molecule has 90 valence electrons. The van der Waals surface area contributed by atoms with Crippen molar-refractivity contribution in [1.82, 2.24) is 0 Å². The van der Waals surface area contributed by atoms with Crippen molar-refractivity contribution < 1.29 is 9.53 Å². The number of carbonyl (C=O) groups excluding carboxylic acids is 1. The molecule has 0 amide bonds. The van der Waals surface area contributed by atoms with Crippen LogP contribution in [0.15, 0.2) is 42.5 Å². The second-order valence-corrected chi connectivity index (χ2v) is 4.67. The van der Waals surface area contributed by atoms with E-state index in [2.05, 4.69) is 6.58 Å². The van der Waals surface area contributed by atoms with Crippen LogP contribution in [0.1, 0.15) is 25.3 Å². The van der Waals surface area contributed by atoms with Gasteiger partial charge in [-0.3, -0.25) is 4.79 Å². The molecule has 0 radical (unpaired) electrons. The molecule has 0 atom stereocenters. The van der Waals surface area contributed by atoms with Gasteiger partial charge in [0.2, 0.25) is 0 Å². The highest BCUT2D eigenvalue weighted by Crippen LogP contribution is 2.37. The number of ether oxygens (including phenoxy) is 1. The van der Waals surface area contributed by atoms with Gasteiger partial charge in [-0.05, 0) is 30.9 Å². The Kier molecular flexibility index (Phi) is 3.43. The minimum absolute atomic E-state index is 0.159. The number of ketones is 1. The summed E-state index contributed by atoms with van der Waals surface area (Å²) in [6, 6.07) is 10.0. The zero-order valence-electron chi connectivity index (χ0n) is 10.2. The Morgan fingerprint density at radius 3 is 2.35 bits per heavy atom. The van der Waals surface area contributed by atoms with Crippen LogP contribution in [0.4, 0.5) is 0 Å². The van der Waals surface area contributed by atoms with E-state index < -0.39 is 5.41 Å². The first-order chi connectivity index (χ1) is 8.17. The molecule has 1 heterocycles. The van der Waals surface area contributed by atoms with Gasteiger partial charge in [-0.25, -0.2) is 0 Å². The van der Waals surface area contributed by atoms with Crippen molar-refractivity contribution in [1.29, 1.82) is 0 Å². The van der Waals surface area contributed by atoms with Crippen molar-refractivity contribution >= 4 is 5.78 Å². The molecule has 2 rings (SSSR count). The van der Waals surface area contributed by atoms with E-state index >= 15 is 0 Å². The number of carbonyl (C=O) groups is 1. The summed E-state index contributed by atoms with van der Waals surface area (Å²) in [6.45, 7) is 6.90. The fraction of sp³-hybridized carbons (Fsp3) is 0.400. The van der Waals surface area contributed by atoms with Crippen LogP contribution in [0, 0.1) is 0 Å². The molecule has 0 unspecified atom stereocenters. The zero-order valence-corrected chi connectivity index (χ0v) is 10.2. The summed E-state index contributed by atoms with van der Waals surface area (Å²) in [5.41, 5.74) is 1.32. The molecule has 0 spiro atoms. The summed E-state index contributed by atoms with van der Waals surface area (Å²) >= 11 is 0. The Morgan fingerprint density at radius 2 is 1.82 bits per heavy atom. The van der Waals surface area contributed by atoms with E-state index in [1.54, 1.807) is 6.92 Å². The molecule has 1 aromatic carbocycles. The summed E-state index contributed by atoms with van der Waals surface area (Å²) in [6.07, 6.45) is 1.51. The van der Waals surface area contributed by atoms with Gasteiger partial charge in [0, 0.05) is 13.2 Å². The maximum Gasteiger partial charge on any atom is 0.168 e. The van der Waals surface area contributed by atoms with E-state index in [0.717, 1.165) is 18.4 Å². The van der Waals surface area contributed by atoms with Gasteiger partial charge in [0.25, 0.3) is 0 Å². The number of benzene rings is 1. The monoisotopic (exact) mass is 230 g/mol. The first kappa shape index (κ1) is 12.1. The number of hydrogen-bond donors (Lipinski definition) is 0. The van der Waals surface area contributed by atoms with Gasteiger partial charge in [-0.15, -0.1) is 0 Å². The van der Waals surface area contributed by atoms with Crippen LogP contribution in [0.5, 0.6) is 0 Å². The third-order valence-electron chi connectivity index (χ3n) is 3.49. The maximum atomic E-state index is 12.5. The number of Topliss-reactive ketones (excluding diaryl/α,β-unsaturated/α-hetero) is 1. The molecular weight excluding hydrogens is 212 g/mol. The average Bonchev–Trinajstić information content (AvgIpc) is 2.39. The van der Waals surface area contributed by atoms with Crippen molar-refractivity contribution in [3.05, 3.63) is 48.0 Å². The normalized spacial score (nSPS) is 18.6. The van der Waals surface area contributed by atoms with Gasteiger partial charge >= 0.3 is 0 Å². The van der Waals surface area contributed by atoms with Crippen LogP contribution < -0.4 is 0 Å². The van der Waals surface area contributed by atoms with E-state index in [1.807, 2.05) is 30.3 Å². The summed E-state index contributed by atoms with van der Waals surface area (Å²) in [7, 11) is 0. The minimum atomic E-state index is -0.411. The van der Waals surface area contributed by atoms with Gasteiger partial charge in [-0.1, -0.05) is 36.9 Å². The molecule has 0 N–H and O–H groups in total. The highest BCUT2D eigenvalue weighted by molar-refractivity contribution is 6.02. The molecule has 0 aromatic heterocycles.